The largest absolute Gasteiger partial charge is 0.465 e. The number of carbonyl (C=O) groups excluding carboxylic acids is 3. The van der Waals surface area contributed by atoms with Gasteiger partial charge in [0, 0.05) is 11.1 Å². The molecule has 1 fully saturated rings. The molecule has 1 saturated heterocycles. The van der Waals surface area contributed by atoms with Gasteiger partial charge in [-0.05, 0) is 40.9 Å². The third-order valence-corrected chi connectivity index (χ3v) is 5.70. The van der Waals surface area contributed by atoms with E-state index in [-0.39, 0.29) is 17.7 Å². The van der Waals surface area contributed by atoms with Gasteiger partial charge in [0.2, 0.25) is 0 Å². The number of esters is 1. The van der Waals surface area contributed by atoms with Crippen LogP contribution in [-0.4, -0.2) is 34.5 Å². The average Bonchev–Trinajstić information content (AvgIpc) is 3.01. The molecule has 0 bridgehead atoms. The summed E-state index contributed by atoms with van der Waals surface area (Å²) in [4.78, 5) is 38.0. The predicted octanol–water partition coefficient (Wildman–Crippen LogP) is 4.26. The maximum atomic E-state index is 12.8. The van der Waals surface area contributed by atoms with E-state index in [1.807, 2.05) is 42.5 Å². The predicted molar refractivity (Wildman–Crippen MR) is 113 cm³/mol. The van der Waals surface area contributed by atoms with Gasteiger partial charge in [-0.25, -0.2) is 4.79 Å². The summed E-state index contributed by atoms with van der Waals surface area (Å²) >= 11 is 0.968. The van der Waals surface area contributed by atoms with E-state index in [9.17, 15) is 14.4 Å². The molecule has 0 spiro atoms. The van der Waals surface area contributed by atoms with Crippen molar-refractivity contribution >= 4 is 45.3 Å². The molecule has 3 aromatic carbocycles. The van der Waals surface area contributed by atoms with Gasteiger partial charge in [0.1, 0.15) is 0 Å². The minimum Gasteiger partial charge on any atom is -0.465 e. The summed E-state index contributed by atoms with van der Waals surface area (Å²) in [5.41, 5.74) is 1.98. The summed E-state index contributed by atoms with van der Waals surface area (Å²) in [5, 5.41) is 4.27. The second kappa shape index (κ2) is 7.97. The molecule has 146 valence electrons. The molecule has 1 aliphatic heterocycles. The number of benzene rings is 3. The van der Waals surface area contributed by atoms with Gasteiger partial charge in [-0.15, -0.1) is 0 Å². The number of anilines is 1. The van der Waals surface area contributed by atoms with E-state index in [2.05, 4.69) is 10.1 Å². The van der Waals surface area contributed by atoms with Crippen LogP contribution in [0.15, 0.2) is 66.7 Å². The molecule has 1 aliphatic rings. The highest BCUT2D eigenvalue weighted by Gasteiger charge is 2.39. The molecule has 0 saturated carbocycles. The number of rotatable bonds is 5. The van der Waals surface area contributed by atoms with Crippen LogP contribution >= 0.6 is 11.8 Å². The number of amides is 2. The number of carbonyl (C=O) groups is 3. The number of imide groups is 1. The topological polar surface area (TPSA) is 75.7 Å². The fraction of sp³-hybridized carbons (Fsp3) is 0.136. The van der Waals surface area contributed by atoms with E-state index >= 15 is 0 Å². The van der Waals surface area contributed by atoms with Crippen LogP contribution in [-0.2, 0) is 16.1 Å². The summed E-state index contributed by atoms with van der Waals surface area (Å²) < 4.78 is 4.68. The number of hydrogen-bond donors (Lipinski definition) is 1. The van der Waals surface area contributed by atoms with Crippen LogP contribution in [0.25, 0.3) is 10.8 Å². The van der Waals surface area contributed by atoms with E-state index in [1.165, 1.54) is 12.0 Å². The summed E-state index contributed by atoms with van der Waals surface area (Å²) in [6, 6.07) is 20.3. The second-order valence-corrected chi connectivity index (χ2v) is 7.60. The van der Waals surface area contributed by atoms with Crippen molar-refractivity contribution in [3.8, 4) is 0 Å². The number of thioether (sulfide) groups is 1. The smallest absolute Gasteiger partial charge is 0.337 e. The van der Waals surface area contributed by atoms with Crippen LogP contribution in [0.1, 0.15) is 15.9 Å². The third kappa shape index (κ3) is 3.82. The molecule has 29 heavy (non-hydrogen) atoms. The number of methoxy groups -OCH3 is 1. The molecular weight excluding hydrogens is 388 g/mol. The van der Waals surface area contributed by atoms with Crippen molar-refractivity contribution in [2.45, 2.75) is 11.9 Å². The average molecular weight is 406 g/mol. The SMILES string of the molecule is COC(=O)c1ccc(CN2C(=O)SC(Nc3cccc4ccccc34)C2=O)cc1. The molecule has 3 aromatic rings. The lowest BCUT2D eigenvalue weighted by Gasteiger charge is -2.16. The zero-order chi connectivity index (χ0) is 20.4. The van der Waals surface area contributed by atoms with Crippen molar-refractivity contribution in [2.24, 2.45) is 0 Å². The maximum Gasteiger partial charge on any atom is 0.337 e. The summed E-state index contributed by atoms with van der Waals surface area (Å²) in [6.45, 7) is 0.153. The van der Waals surface area contributed by atoms with Gasteiger partial charge in [0.15, 0.2) is 5.37 Å². The quantitative estimate of drug-likeness (QED) is 0.638. The van der Waals surface area contributed by atoms with Gasteiger partial charge in [-0.2, -0.15) is 0 Å². The zero-order valence-electron chi connectivity index (χ0n) is 15.6. The maximum absolute atomic E-state index is 12.8. The van der Waals surface area contributed by atoms with Crippen molar-refractivity contribution in [2.75, 3.05) is 12.4 Å². The first kappa shape index (κ1) is 19.0. The van der Waals surface area contributed by atoms with Crippen LogP contribution in [0.4, 0.5) is 10.5 Å². The Morgan fingerprint density at radius 2 is 1.76 bits per heavy atom. The van der Waals surface area contributed by atoms with E-state index in [0.717, 1.165) is 33.8 Å². The zero-order valence-corrected chi connectivity index (χ0v) is 16.4. The van der Waals surface area contributed by atoms with Gasteiger partial charge in [-0.1, -0.05) is 48.5 Å². The van der Waals surface area contributed by atoms with Gasteiger partial charge in [-0.3, -0.25) is 14.5 Å². The highest BCUT2D eigenvalue weighted by Crippen LogP contribution is 2.32. The van der Waals surface area contributed by atoms with Crippen molar-refractivity contribution in [3.63, 3.8) is 0 Å². The lowest BCUT2D eigenvalue weighted by Crippen LogP contribution is -2.34. The Morgan fingerprint density at radius 3 is 2.52 bits per heavy atom. The fourth-order valence-corrected chi connectivity index (χ4v) is 4.12. The second-order valence-electron chi connectivity index (χ2n) is 6.55. The molecule has 4 rings (SSSR count). The van der Waals surface area contributed by atoms with Crippen LogP contribution < -0.4 is 5.32 Å². The molecule has 0 aliphatic carbocycles. The van der Waals surface area contributed by atoms with E-state index < -0.39 is 11.3 Å². The molecule has 1 atom stereocenters. The van der Waals surface area contributed by atoms with Gasteiger partial charge in [0.05, 0.1) is 19.2 Å². The fourth-order valence-electron chi connectivity index (χ4n) is 3.22. The normalized spacial score (nSPS) is 16.3. The summed E-state index contributed by atoms with van der Waals surface area (Å²) in [6.07, 6.45) is 0. The van der Waals surface area contributed by atoms with E-state index in [4.69, 9.17) is 0 Å². The Balaban J connectivity index is 1.49. The van der Waals surface area contributed by atoms with Crippen LogP contribution in [0, 0.1) is 0 Å². The number of fused-ring (bicyclic) bond motifs is 1. The molecule has 2 amide bonds. The first-order chi connectivity index (χ1) is 14.1. The highest BCUT2D eigenvalue weighted by atomic mass is 32.2. The molecule has 0 radical (unpaired) electrons. The number of ether oxygens (including phenoxy) is 1. The van der Waals surface area contributed by atoms with Crippen LogP contribution in [0.2, 0.25) is 0 Å². The summed E-state index contributed by atoms with van der Waals surface area (Å²) in [7, 11) is 1.32. The monoisotopic (exact) mass is 406 g/mol. The Morgan fingerprint density at radius 1 is 1.03 bits per heavy atom. The lowest BCUT2D eigenvalue weighted by molar-refractivity contribution is -0.126. The Labute approximate surface area is 171 Å². The van der Waals surface area contributed by atoms with Crippen molar-refractivity contribution in [1.82, 2.24) is 4.90 Å². The molecule has 1 unspecified atom stereocenters. The lowest BCUT2D eigenvalue weighted by atomic mass is 10.1. The molecular formula is C22H18N2O4S. The Hall–Kier alpha value is -3.32. The number of hydrogen-bond acceptors (Lipinski definition) is 6. The minimum atomic E-state index is -0.678. The van der Waals surface area contributed by atoms with Gasteiger partial charge >= 0.3 is 5.97 Å². The molecule has 7 heteroatoms. The first-order valence-electron chi connectivity index (χ1n) is 9.00. The van der Waals surface area contributed by atoms with Crippen LogP contribution in [0.5, 0.6) is 0 Å². The number of nitrogens with one attached hydrogen (secondary N) is 1. The van der Waals surface area contributed by atoms with Gasteiger partial charge < -0.3 is 10.1 Å². The van der Waals surface area contributed by atoms with Crippen molar-refractivity contribution < 1.29 is 19.1 Å². The summed E-state index contributed by atoms with van der Waals surface area (Å²) in [5.74, 6) is -0.718. The molecule has 1 heterocycles. The Bertz CT molecular complexity index is 1090. The van der Waals surface area contributed by atoms with E-state index in [1.54, 1.807) is 24.3 Å². The minimum absolute atomic E-state index is 0.153. The Kier molecular flexibility index (Phi) is 5.22. The van der Waals surface area contributed by atoms with Crippen molar-refractivity contribution in [3.05, 3.63) is 77.9 Å². The van der Waals surface area contributed by atoms with Crippen molar-refractivity contribution in [1.29, 1.82) is 0 Å². The molecule has 0 aromatic heterocycles. The molecule has 6 nitrogen and oxygen atoms in total. The molecule has 1 N–H and O–H groups in total. The third-order valence-electron chi connectivity index (χ3n) is 4.72. The standard InChI is InChI=1S/C22H18N2O4S/c1-28-21(26)16-11-9-14(10-12-16)13-24-20(25)19(29-22(24)27)23-18-8-4-6-15-5-2-3-7-17(15)18/h2-12,19,23H,13H2,1H3. The van der Waals surface area contributed by atoms with Gasteiger partial charge in [0.25, 0.3) is 11.1 Å². The van der Waals surface area contributed by atoms with E-state index in [0.29, 0.717) is 5.56 Å². The van der Waals surface area contributed by atoms with Crippen LogP contribution in [0.3, 0.4) is 0 Å². The number of nitrogens with zero attached hydrogens (tertiary/aromatic N) is 1. The first-order valence-corrected chi connectivity index (χ1v) is 9.88. The highest BCUT2D eigenvalue weighted by molar-refractivity contribution is 8.15.